The Morgan fingerprint density at radius 1 is 1.29 bits per heavy atom. The van der Waals surface area contributed by atoms with Gasteiger partial charge < -0.3 is 15.4 Å². The quantitative estimate of drug-likeness (QED) is 0.472. The van der Waals surface area contributed by atoms with Gasteiger partial charge >= 0.3 is 12.0 Å². The summed E-state index contributed by atoms with van der Waals surface area (Å²) in [4.78, 5) is 34.6. The fourth-order valence-corrected chi connectivity index (χ4v) is 2.55. The molecule has 1 unspecified atom stereocenters. The number of hydrogen-bond donors (Lipinski definition) is 2. The van der Waals surface area contributed by atoms with Crippen molar-refractivity contribution in [1.29, 1.82) is 0 Å². The van der Waals surface area contributed by atoms with Gasteiger partial charge in [0.2, 0.25) is 0 Å². The normalized spacial score (nSPS) is 17.1. The van der Waals surface area contributed by atoms with E-state index in [0.717, 1.165) is 6.42 Å². The lowest BCUT2D eigenvalue weighted by molar-refractivity contribution is -0.384. The highest BCUT2D eigenvalue weighted by atomic mass is 16.6. The van der Waals surface area contributed by atoms with Crippen LogP contribution < -0.4 is 10.6 Å². The number of carbonyl (C=O) groups excluding carboxylic acids is 2. The zero-order valence-electron chi connectivity index (χ0n) is 13.5. The molecule has 128 valence electrons. The number of esters is 1. The van der Waals surface area contributed by atoms with Gasteiger partial charge in [-0.25, -0.2) is 9.59 Å². The number of nitro benzene ring substituents is 1. The highest BCUT2D eigenvalue weighted by Gasteiger charge is 2.33. The van der Waals surface area contributed by atoms with E-state index in [9.17, 15) is 19.7 Å². The van der Waals surface area contributed by atoms with Crippen LogP contribution in [-0.4, -0.2) is 23.5 Å². The Balaban J connectivity index is 2.46. The molecule has 0 bridgehead atoms. The van der Waals surface area contributed by atoms with Crippen LogP contribution in [0.4, 0.5) is 10.5 Å². The summed E-state index contributed by atoms with van der Waals surface area (Å²) in [7, 11) is 0. The minimum absolute atomic E-state index is 0.0607. The van der Waals surface area contributed by atoms with Gasteiger partial charge in [-0.3, -0.25) is 10.1 Å². The molecule has 1 aromatic carbocycles. The first-order valence-electron chi connectivity index (χ1n) is 7.69. The molecule has 8 heteroatoms. The number of benzene rings is 1. The Morgan fingerprint density at radius 3 is 2.50 bits per heavy atom. The molecule has 1 aromatic rings. The topological polar surface area (TPSA) is 111 Å². The molecule has 0 saturated heterocycles. The van der Waals surface area contributed by atoms with Crippen molar-refractivity contribution >= 4 is 17.7 Å². The van der Waals surface area contributed by atoms with Gasteiger partial charge in [-0.1, -0.05) is 13.3 Å². The number of non-ortho nitro benzene ring substituents is 1. The maximum Gasteiger partial charge on any atom is 0.338 e. The molecule has 2 N–H and O–H groups in total. The van der Waals surface area contributed by atoms with E-state index in [0.29, 0.717) is 23.3 Å². The average molecular weight is 333 g/mol. The van der Waals surface area contributed by atoms with E-state index in [1.807, 2.05) is 6.92 Å². The summed E-state index contributed by atoms with van der Waals surface area (Å²) in [5.41, 5.74) is 1.36. The molecule has 24 heavy (non-hydrogen) atoms. The summed E-state index contributed by atoms with van der Waals surface area (Å²) in [6, 6.07) is 4.60. The fourth-order valence-electron chi connectivity index (χ4n) is 2.55. The molecule has 2 rings (SSSR count). The summed E-state index contributed by atoms with van der Waals surface area (Å²) in [6.45, 7) is 3.85. The SMILES string of the molecule is CCCC1=C(C(=O)OCC)C(c2ccc([N+](=O)[O-])cc2)NC(=O)N1. The molecule has 0 radical (unpaired) electrons. The van der Waals surface area contributed by atoms with E-state index < -0.39 is 23.0 Å². The molecule has 0 aliphatic carbocycles. The average Bonchev–Trinajstić information content (AvgIpc) is 2.55. The zero-order valence-corrected chi connectivity index (χ0v) is 13.5. The molecule has 1 aliphatic rings. The highest BCUT2D eigenvalue weighted by Crippen LogP contribution is 2.30. The molecule has 1 heterocycles. The van der Waals surface area contributed by atoms with Crippen LogP contribution in [0.1, 0.15) is 38.3 Å². The van der Waals surface area contributed by atoms with E-state index in [4.69, 9.17) is 4.74 Å². The number of rotatable bonds is 6. The molecule has 0 spiro atoms. The largest absolute Gasteiger partial charge is 0.463 e. The third kappa shape index (κ3) is 3.70. The van der Waals surface area contributed by atoms with E-state index in [1.165, 1.54) is 24.3 Å². The van der Waals surface area contributed by atoms with Crippen molar-refractivity contribution in [3.63, 3.8) is 0 Å². The molecule has 0 saturated carbocycles. The van der Waals surface area contributed by atoms with Crippen LogP contribution >= 0.6 is 0 Å². The van der Waals surface area contributed by atoms with E-state index >= 15 is 0 Å². The van der Waals surface area contributed by atoms with E-state index in [-0.39, 0.29) is 12.3 Å². The Bertz CT molecular complexity index is 681. The zero-order chi connectivity index (χ0) is 17.7. The minimum atomic E-state index is -0.708. The lowest BCUT2D eigenvalue weighted by Gasteiger charge is -2.29. The number of carbonyl (C=O) groups is 2. The van der Waals surface area contributed by atoms with Crippen molar-refractivity contribution in [1.82, 2.24) is 10.6 Å². The van der Waals surface area contributed by atoms with Crippen LogP contribution in [0, 0.1) is 10.1 Å². The first kappa shape index (κ1) is 17.5. The molecular weight excluding hydrogens is 314 g/mol. The van der Waals surface area contributed by atoms with Gasteiger partial charge in [-0.2, -0.15) is 0 Å². The number of amides is 2. The van der Waals surface area contributed by atoms with Gasteiger partial charge in [0.05, 0.1) is 23.1 Å². The van der Waals surface area contributed by atoms with Crippen LogP contribution in [0.5, 0.6) is 0 Å². The van der Waals surface area contributed by atoms with Crippen LogP contribution in [0.25, 0.3) is 0 Å². The van der Waals surface area contributed by atoms with Gasteiger partial charge in [0.15, 0.2) is 0 Å². The number of urea groups is 1. The maximum atomic E-state index is 12.4. The smallest absolute Gasteiger partial charge is 0.338 e. The lowest BCUT2D eigenvalue weighted by Crippen LogP contribution is -2.46. The van der Waals surface area contributed by atoms with Gasteiger partial charge in [-0.15, -0.1) is 0 Å². The van der Waals surface area contributed by atoms with Crippen LogP contribution in [0.15, 0.2) is 35.5 Å². The summed E-state index contributed by atoms with van der Waals surface area (Å²) in [5.74, 6) is -0.517. The van der Waals surface area contributed by atoms with E-state index in [2.05, 4.69) is 10.6 Å². The highest BCUT2D eigenvalue weighted by molar-refractivity contribution is 5.95. The third-order valence-corrected chi connectivity index (χ3v) is 3.59. The Kier molecular flexibility index (Phi) is 5.51. The summed E-state index contributed by atoms with van der Waals surface area (Å²) < 4.78 is 5.11. The predicted octanol–water partition coefficient (Wildman–Crippen LogP) is 2.57. The number of hydrogen-bond acceptors (Lipinski definition) is 5. The standard InChI is InChI=1S/C16H19N3O5/c1-3-5-12-13(15(20)24-4-2)14(18-16(21)17-12)10-6-8-11(9-7-10)19(22)23/h6-9,14H,3-5H2,1-2H3,(H2,17,18,21). The second kappa shape index (κ2) is 7.58. The minimum Gasteiger partial charge on any atom is -0.463 e. The fraction of sp³-hybridized carbons (Fsp3) is 0.375. The van der Waals surface area contributed by atoms with Crippen molar-refractivity contribution in [3.05, 3.63) is 51.2 Å². The van der Waals surface area contributed by atoms with Crippen LogP contribution in [-0.2, 0) is 9.53 Å². The number of nitro groups is 1. The molecule has 0 fully saturated rings. The maximum absolute atomic E-state index is 12.4. The Morgan fingerprint density at radius 2 is 1.96 bits per heavy atom. The van der Waals surface area contributed by atoms with Crippen molar-refractivity contribution in [3.8, 4) is 0 Å². The first-order valence-corrected chi connectivity index (χ1v) is 7.69. The van der Waals surface area contributed by atoms with Crippen LogP contribution in [0.2, 0.25) is 0 Å². The molecule has 0 aromatic heterocycles. The molecular formula is C16H19N3O5. The molecule has 1 aliphatic heterocycles. The van der Waals surface area contributed by atoms with Gasteiger partial charge in [-0.05, 0) is 31.0 Å². The Hall–Kier alpha value is -2.90. The number of allylic oxidation sites excluding steroid dienone is 1. The molecule has 1 atom stereocenters. The lowest BCUT2D eigenvalue weighted by atomic mass is 9.93. The van der Waals surface area contributed by atoms with Crippen molar-refractivity contribution in [2.24, 2.45) is 0 Å². The monoisotopic (exact) mass is 333 g/mol. The summed E-state index contributed by atoms with van der Waals surface area (Å²) >= 11 is 0. The first-order chi connectivity index (χ1) is 11.5. The van der Waals surface area contributed by atoms with Crippen molar-refractivity contribution in [2.75, 3.05) is 6.61 Å². The van der Waals surface area contributed by atoms with Gasteiger partial charge in [0, 0.05) is 17.8 Å². The van der Waals surface area contributed by atoms with Crippen LogP contribution in [0.3, 0.4) is 0 Å². The second-order valence-corrected chi connectivity index (χ2v) is 5.24. The summed E-state index contributed by atoms with van der Waals surface area (Å²) in [5, 5.41) is 16.1. The number of ether oxygens (including phenoxy) is 1. The van der Waals surface area contributed by atoms with Gasteiger partial charge in [0.25, 0.3) is 5.69 Å². The number of nitrogens with zero attached hydrogens (tertiary/aromatic N) is 1. The summed E-state index contributed by atoms with van der Waals surface area (Å²) in [6.07, 6.45) is 1.26. The van der Waals surface area contributed by atoms with Gasteiger partial charge in [0.1, 0.15) is 0 Å². The third-order valence-electron chi connectivity index (χ3n) is 3.59. The molecule has 2 amide bonds. The Labute approximate surface area is 139 Å². The van der Waals surface area contributed by atoms with Crippen molar-refractivity contribution in [2.45, 2.75) is 32.7 Å². The molecule has 8 nitrogen and oxygen atoms in total. The predicted molar refractivity (Wildman–Crippen MR) is 86.1 cm³/mol. The second-order valence-electron chi connectivity index (χ2n) is 5.24. The number of nitrogens with one attached hydrogen (secondary N) is 2. The van der Waals surface area contributed by atoms with E-state index in [1.54, 1.807) is 6.92 Å². The van der Waals surface area contributed by atoms with Crippen molar-refractivity contribution < 1.29 is 19.2 Å².